The first-order valence-corrected chi connectivity index (χ1v) is 6.73. The zero-order valence-electron chi connectivity index (χ0n) is 11.4. The minimum atomic E-state index is -0.322. The number of carbonyl (C=O) groups excluding carboxylic acids is 1. The van der Waals surface area contributed by atoms with Crippen molar-refractivity contribution in [2.75, 3.05) is 13.1 Å². The molecule has 1 aromatic heterocycles. The van der Waals surface area contributed by atoms with E-state index in [1.807, 2.05) is 30.3 Å². The molecule has 1 aromatic carbocycles. The molecule has 21 heavy (non-hydrogen) atoms. The normalized spacial score (nSPS) is 14.8. The Kier molecular flexibility index (Phi) is 3.83. The third-order valence-corrected chi connectivity index (χ3v) is 3.42. The standard InChI is InChI=1S/C14H16N4O3/c19-9-12-6-18(16-15-12)13-7-17(8-13)14(20)21-10-11-4-2-1-3-5-11/h1-6,13,19H,7-10H2. The molecule has 0 aliphatic carbocycles. The first-order chi connectivity index (χ1) is 10.3. The first-order valence-electron chi connectivity index (χ1n) is 6.73. The van der Waals surface area contributed by atoms with Gasteiger partial charge in [0, 0.05) is 13.1 Å². The number of benzene rings is 1. The van der Waals surface area contributed by atoms with Gasteiger partial charge in [-0.15, -0.1) is 5.10 Å². The number of ether oxygens (including phenoxy) is 1. The summed E-state index contributed by atoms with van der Waals surface area (Å²) in [6, 6.07) is 9.67. The summed E-state index contributed by atoms with van der Waals surface area (Å²) in [4.78, 5) is 13.5. The van der Waals surface area contributed by atoms with Crippen molar-refractivity contribution in [3.63, 3.8) is 0 Å². The maximum absolute atomic E-state index is 11.9. The molecule has 1 aliphatic heterocycles. The van der Waals surface area contributed by atoms with Gasteiger partial charge in [-0.25, -0.2) is 9.48 Å². The number of rotatable bonds is 4. The van der Waals surface area contributed by atoms with E-state index in [1.165, 1.54) is 0 Å². The van der Waals surface area contributed by atoms with E-state index in [2.05, 4.69) is 10.3 Å². The van der Waals surface area contributed by atoms with Crippen LogP contribution in [0.4, 0.5) is 4.79 Å². The van der Waals surface area contributed by atoms with Gasteiger partial charge in [-0.05, 0) is 5.56 Å². The molecule has 0 spiro atoms. The van der Waals surface area contributed by atoms with Crippen LogP contribution in [-0.4, -0.2) is 44.2 Å². The van der Waals surface area contributed by atoms with Crippen molar-refractivity contribution in [3.05, 3.63) is 47.8 Å². The van der Waals surface area contributed by atoms with Crippen LogP contribution in [0.15, 0.2) is 36.5 Å². The molecule has 0 saturated carbocycles. The summed E-state index contributed by atoms with van der Waals surface area (Å²) >= 11 is 0. The van der Waals surface area contributed by atoms with Crippen molar-refractivity contribution in [2.45, 2.75) is 19.3 Å². The minimum Gasteiger partial charge on any atom is -0.445 e. The number of aliphatic hydroxyl groups excluding tert-OH is 1. The molecule has 2 aromatic rings. The second-order valence-electron chi connectivity index (χ2n) is 4.95. The maximum Gasteiger partial charge on any atom is 0.410 e. The van der Waals surface area contributed by atoms with Crippen molar-refractivity contribution >= 4 is 6.09 Å². The monoisotopic (exact) mass is 288 g/mol. The molecular formula is C14H16N4O3. The van der Waals surface area contributed by atoms with Crippen LogP contribution < -0.4 is 0 Å². The van der Waals surface area contributed by atoms with Gasteiger partial charge >= 0.3 is 6.09 Å². The van der Waals surface area contributed by atoms with E-state index in [0.717, 1.165) is 5.56 Å². The average Bonchev–Trinajstić information content (AvgIpc) is 2.93. The number of carbonyl (C=O) groups is 1. The summed E-state index contributed by atoms with van der Waals surface area (Å²) in [5, 5.41) is 16.7. The molecule has 0 atom stereocenters. The van der Waals surface area contributed by atoms with Crippen molar-refractivity contribution in [3.8, 4) is 0 Å². The topological polar surface area (TPSA) is 80.5 Å². The fraction of sp³-hybridized carbons (Fsp3) is 0.357. The van der Waals surface area contributed by atoms with E-state index >= 15 is 0 Å². The second kappa shape index (κ2) is 5.92. The molecule has 0 radical (unpaired) electrons. The van der Waals surface area contributed by atoms with E-state index in [-0.39, 0.29) is 25.3 Å². The predicted octanol–water partition coefficient (Wildman–Crippen LogP) is 0.964. The van der Waals surface area contributed by atoms with Crippen molar-refractivity contribution in [1.82, 2.24) is 19.9 Å². The second-order valence-corrected chi connectivity index (χ2v) is 4.95. The molecular weight excluding hydrogens is 272 g/mol. The lowest BCUT2D eigenvalue weighted by atomic mass is 10.1. The number of amides is 1. The van der Waals surface area contributed by atoms with Gasteiger partial charge in [-0.3, -0.25) is 0 Å². The van der Waals surface area contributed by atoms with Crippen molar-refractivity contribution < 1.29 is 14.6 Å². The molecule has 3 rings (SSSR count). The Balaban J connectivity index is 1.46. The van der Waals surface area contributed by atoms with Gasteiger partial charge in [-0.2, -0.15) is 0 Å². The zero-order valence-corrected chi connectivity index (χ0v) is 11.4. The van der Waals surface area contributed by atoms with E-state index in [1.54, 1.807) is 15.8 Å². The number of aliphatic hydroxyl groups is 1. The minimum absolute atomic E-state index is 0.0991. The predicted molar refractivity (Wildman–Crippen MR) is 73.2 cm³/mol. The van der Waals surface area contributed by atoms with Gasteiger partial charge in [0.2, 0.25) is 0 Å². The molecule has 1 N–H and O–H groups in total. The first kappa shape index (κ1) is 13.6. The molecule has 1 amide bonds. The van der Waals surface area contributed by atoms with Crippen LogP contribution in [0.5, 0.6) is 0 Å². The van der Waals surface area contributed by atoms with Crippen LogP contribution in [-0.2, 0) is 18.0 Å². The average molecular weight is 288 g/mol. The summed E-state index contributed by atoms with van der Waals surface area (Å²) in [5.74, 6) is 0. The van der Waals surface area contributed by atoms with Gasteiger partial charge in [-0.1, -0.05) is 35.5 Å². The molecule has 110 valence electrons. The third kappa shape index (κ3) is 3.03. The fourth-order valence-electron chi connectivity index (χ4n) is 2.15. The van der Waals surface area contributed by atoms with Crippen LogP contribution >= 0.6 is 0 Å². The Morgan fingerprint density at radius 2 is 2.10 bits per heavy atom. The summed E-state index contributed by atoms with van der Waals surface area (Å²) in [7, 11) is 0. The maximum atomic E-state index is 11.9. The quantitative estimate of drug-likeness (QED) is 0.906. The van der Waals surface area contributed by atoms with Gasteiger partial charge in [0.15, 0.2) is 0 Å². The van der Waals surface area contributed by atoms with E-state index in [4.69, 9.17) is 9.84 Å². The van der Waals surface area contributed by atoms with Crippen LogP contribution in [0.1, 0.15) is 17.3 Å². The van der Waals surface area contributed by atoms with Crippen LogP contribution in [0.2, 0.25) is 0 Å². The summed E-state index contributed by atoms with van der Waals surface area (Å²) in [6.45, 7) is 1.23. The SMILES string of the molecule is O=C(OCc1ccccc1)N1CC(n2cc(CO)nn2)C1. The zero-order chi connectivity index (χ0) is 14.7. The Hall–Kier alpha value is -2.41. The molecule has 2 heterocycles. The van der Waals surface area contributed by atoms with Crippen LogP contribution in [0, 0.1) is 0 Å². The van der Waals surface area contributed by atoms with Gasteiger partial charge in [0.25, 0.3) is 0 Å². The molecule has 1 saturated heterocycles. The highest BCUT2D eigenvalue weighted by Gasteiger charge is 2.33. The summed E-state index contributed by atoms with van der Waals surface area (Å²) in [5.41, 5.74) is 1.49. The molecule has 0 bridgehead atoms. The lowest BCUT2D eigenvalue weighted by molar-refractivity contribution is 0.0491. The van der Waals surface area contributed by atoms with E-state index in [9.17, 15) is 4.79 Å². The smallest absolute Gasteiger partial charge is 0.410 e. The fourth-order valence-corrected chi connectivity index (χ4v) is 2.15. The molecule has 1 aliphatic rings. The van der Waals surface area contributed by atoms with Crippen molar-refractivity contribution in [2.24, 2.45) is 0 Å². The van der Waals surface area contributed by atoms with Gasteiger partial charge < -0.3 is 14.7 Å². The highest BCUT2D eigenvalue weighted by Crippen LogP contribution is 2.21. The van der Waals surface area contributed by atoms with Crippen LogP contribution in [0.25, 0.3) is 0 Å². The highest BCUT2D eigenvalue weighted by molar-refractivity contribution is 5.68. The number of nitrogens with zero attached hydrogens (tertiary/aromatic N) is 4. The number of likely N-dealkylation sites (tertiary alicyclic amines) is 1. The lowest BCUT2D eigenvalue weighted by Crippen LogP contribution is -2.51. The Morgan fingerprint density at radius 1 is 1.33 bits per heavy atom. The van der Waals surface area contributed by atoms with E-state index < -0.39 is 0 Å². The Bertz CT molecular complexity index is 608. The van der Waals surface area contributed by atoms with Crippen molar-refractivity contribution in [1.29, 1.82) is 0 Å². The molecule has 1 fully saturated rings. The Labute approximate surface area is 121 Å². The largest absolute Gasteiger partial charge is 0.445 e. The Morgan fingerprint density at radius 3 is 2.76 bits per heavy atom. The number of aromatic nitrogens is 3. The molecule has 7 heteroatoms. The lowest BCUT2D eigenvalue weighted by Gasteiger charge is -2.37. The summed E-state index contributed by atoms with van der Waals surface area (Å²) in [6.07, 6.45) is 1.37. The number of hydrogen-bond donors (Lipinski definition) is 1. The van der Waals surface area contributed by atoms with Gasteiger partial charge in [0.05, 0.1) is 18.8 Å². The molecule has 0 unspecified atom stereocenters. The summed E-state index contributed by atoms with van der Waals surface area (Å²) < 4.78 is 6.92. The van der Waals surface area contributed by atoms with Crippen LogP contribution in [0.3, 0.4) is 0 Å². The van der Waals surface area contributed by atoms with E-state index in [0.29, 0.717) is 18.8 Å². The van der Waals surface area contributed by atoms with Gasteiger partial charge in [0.1, 0.15) is 12.3 Å². The molecule has 7 nitrogen and oxygen atoms in total. The number of hydrogen-bond acceptors (Lipinski definition) is 5. The third-order valence-electron chi connectivity index (χ3n) is 3.42. The highest BCUT2D eigenvalue weighted by atomic mass is 16.6.